The quantitative estimate of drug-likeness (QED) is 0.366. The van der Waals surface area contributed by atoms with Crippen molar-refractivity contribution in [2.24, 2.45) is 0 Å². The van der Waals surface area contributed by atoms with Gasteiger partial charge in [-0.05, 0) is 67.9 Å². The molecule has 0 saturated carbocycles. The Morgan fingerprint density at radius 2 is 1.81 bits per heavy atom. The lowest BCUT2D eigenvalue weighted by Gasteiger charge is -2.24. The number of rotatable bonds is 8. The fraction of sp³-hybridized carbons (Fsp3) is 0.345. The number of hydrogen-bond donors (Lipinski definition) is 1. The van der Waals surface area contributed by atoms with Crippen LogP contribution in [0.3, 0.4) is 0 Å². The van der Waals surface area contributed by atoms with Crippen molar-refractivity contribution >= 4 is 45.9 Å². The van der Waals surface area contributed by atoms with E-state index in [1.54, 1.807) is 30.8 Å². The maximum absolute atomic E-state index is 13.1. The zero-order chi connectivity index (χ0) is 25.8. The molecule has 0 unspecified atom stereocenters. The van der Waals surface area contributed by atoms with Gasteiger partial charge in [0.1, 0.15) is 10.4 Å². The van der Waals surface area contributed by atoms with Crippen LogP contribution in [0.2, 0.25) is 0 Å². The van der Waals surface area contributed by atoms with E-state index in [1.165, 1.54) is 21.8 Å². The van der Waals surface area contributed by atoms with Crippen molar-refractivity contribution in [2.75, 3.05) is 24.2 Å². The van der Waals surface area contributed by atoms with Gasteiger partial charge in [0.2, 0.25) is 5.91 Å². The summed E-state index contributed by atoms with van der Waals surface area (Å²) < 4.78 is 5.30. The summed E-state index contributed by atoms with van der Waals surface area (Å²) in [5.74, 6) is -0.0276. The van der Waals surface area contributed by atoms with Crippen LogP contribution < -0.4 is 5.32 Å². The Kier molecular flexibility index (Phi) is 7.96. The lowest BCUT2D eigenvalue weighted by molar-refractivity contribution is -0.128. The molecule has 2 aromatic carbocycles. The average Bonchev–Trinajstić information content (AvgIpc) is 3.47. The molecule has 1 aliphatic carbocycles. The summed E-state index contributed by atoms with van der Waals surface area (Å²) in [5, 5.41) is 3.49. The van der Waals surface area contributed by atoms with Gasteiger partial charge in [-0.2, -0.15) is 0 Å². The molecule has 192 valence electrons. The van der Waals surface area contributed by atoms with Crippen molar-refractivity contribution in [3.05, 3.63) is 87.3 Å². The molecule has 2 amide bonds. The third-order valence-electron chi connectivity index (χ3n) is 6.79. The number of thiophene rings is 1. The third-order valence-corrected chi connectivity index (χ3v) is 9.25. The summed E-state index contributed by atoms with van der Waals surface area (Å²) in [7, 11) is 0. The molecule has 8 heteroatoms. The Balaban J connectivity index is 1.29. The van der Waals surface area contributed by atoms with Crippen LogP contribution in [0.25, 0.3) is 0 Å². The van der Waals surface area contributed by atoms with E-state index in [0.29, 0.717) is 35.0 Å². The van der Waals surface area contributed by atoms with Crippen molar-refractivity contribution in [1.29, 1.82) is 0 Å². The average molecular weight is 535 g/mol. The Morgan fingerprint density at radius 1 is 1.05 bits per heavy atom. The number of benzene rings is 2. The van der Waals surface area contributed by atoms with Gasteiger partial charge >= 0.3 is 5.97 Å². The number of fused-ring (bicyclic) bond motifs is 1. The van der Waals surface area contributed by atoms with Gasteiger partial charge in [0.05, 0.1) is 17.9 Å². The van der Waals surface area contributed by atoms with Gasteiger partial charge in [-0.25, -0.2) is 4.79 Å². The Morgan fingerprint density at radius 3 is 2.57 bits per heavy atom. The number of nitrogens with one attached hydrogen (secondary N) is 1. The van der Waals surface area contributed by atoms with Crippen LogP contribution in [-0.2, 0) is 28.8 Å². The van der Waals surface area contributed by atoms with Gasteiger partial charge in [-0.3, -0.25) is 9.59 Å². The standard InChI is InChI=1S/C29H30N2O4S2/c1-2-35-29(34)25-22-10-6-7-11-23(22)37-27(25)30-26(33)20-12-14-21(15-13-20)28-31(24(32)18-36-28)17-16-19-8-4-3-5-9-19/h3-5,8-9,12-15,28H,2,6-7,10-11,16-18H2,1H3,(H,30,33)/t28-/m1/s1. The first kappa shape index (κ1) is 25.5. The zero-order valence-electron chi connectivity index (χ0n) is 20.8. The number of carbonyl (C=O) groups is 3. The Labute approximate surface area is 225 Å². The minimum absolute atomic E-state index is 0.0623. The number of amides is 2. The van der Waals surface area contributed by atoms with Crippen molar-refractivity contribution in [3.63, 3.8) is 0 Å². The van der Waals surface area contributed by atoms with E-state index in [4.69, 9.17) is 4.74 Å². The normalized spacial score (nSPS) is 16.9. The first-order valence-electron chi connectivity index (χ1n) is 12.7. The molecule has 1 aliphatic heterocycles. The molecule has 6 nitrogen and oxygen atoms in total. The second kappa shape index (κ2) is 11.5. The van der Waals surface area contributed by atoms with E-state index in [1.807, 2.05) is 35.2 Å². The molecule has 1 aromatic heterocycles. The lowest BCUT2D eigenvalue weighted by atomic mass is 9.95. The number of ether oxygens (including phenoxy) is 1. The van der Waals surface area contributed by atoms with E-state index in [-0.39, 0.29) is 23.2 Å². The monoisotopic (exact) mass is 534 g/mol. The van der Waals surface area contributed by atoms with Crippen LogP contribution in [0.1, 0.15) is 67.4 Å². The summed E-state index contributed by atoms with van der Waals surface area (Å²) in [4.78, 5) is 41.5. The van der Waals surface area contributed by atoms with Crippen LogP contribution in [0.4, 0.5) is 5.00 Å². The number of aryl methyl sites for hydroxylation is 1. The molecule has 1 N–H and O–H groups in total. The van der Waals surface area contributed by atoms with Crippen LogP contribution >= 0.6 is 23.1 Å². The molecule has 37 heavy (non-hydrogen) atoms. The predicted octanol–water partition coefficient (Wildman–Crippen LogP) is 5.87. The fourth-order valence-corrected chi connectivity index (χ4v) is 7.41. The van der Waals surface area contributed by atoms with Gasteiger partial charge in [0, 0.05) is 17.0 Å². The maximum Gasteiger partial charge on any atom is 0.341 e. The number of nitrogens with zero attached hydrogens (tertiary/aromatic N) is 1. The predicted molar refractivity (Wildman–Crippen MR) is 148 cm³/mol. The highest BCUT2D eigenvalue weighted by molar-refractivity contribution is 8.00. The molecule has 1 atom stereocenters. The van der Waals surface area contributed by atoms with E-state index in [0.717, 1.165) is 43.2 Å². The highest BCUT2D eigenvalue weighted by Gasteiger charge is 2.32. The molecule has 2 heterocycles. The van der Waals surface area contributed by atoms with Gasteiger partial charge in [-0.15, -0.1) is 23.1 Å². The van der Waals surface area contributed by atoms with E-state index < -0.39 is 0 Å². The second-order valence-electron chi connectivity index (χ2n) is 9.20. The van der Waals surface area contributed by atoms with Crippen molar-refractivity contribution in [1.82, 2.24) is 4.90 Å². The maximum atomic E-state index is 13.1. The van der Waals surface area contributed by atoms with Crippen LogP contribution in [-0.4, -0.2) is 41.6 Å². The lowest BCUT2D eigenvalue weighted by Crippen LogP contribution is -2.30. The van der Waals surface area contributed by atoms with E-state index in [2.05, 4.69) is 17.4 Å². The summed E-state index contributed by atoms with van der Waals surface area (Å²) in [6, 6.07) is 17.6. The van der Waals surface area contributed by atoms with Crippen LogP contribution in [0, 0.1) is 0 Å². The van der Waals surface area contributed by atoms with Gasteiger partial charge in [-0.1, -0.05) is 42.5 Å². The van der Waals surface area contributed by atoms with Crippen LogP contribution in [0.5, 0.6) is 0 Å². The molecular weight excluding hydrogens is 504 g/mol. The highest BCUT2D eigenvalue weighted by atomic mass is 32.2. The Hall–Kier alpha value is -3.10. The molecular formula is C29H30N2O4S2. The molecule has 2 aliphatic rings. The minimum Gasteiger partial charge on any atom is -0.462 e. The molecule has 0 spiro atoms. The zero-order valence-corrected chi connectivity index (χ0v) is 22.5. The largest absolute Gasteiger partial charge is 0.462 e. The summed E-state index contributed by atoms with van der Waals surface area (Å²) in [5.41, 5.74) is 4.25. The number of thioether (sulfide) groups is 1. The van der Waals surface area contributed by atoms with Crippen molar-refractivity contribution in [3.8, 4) is 0 Å². The summed E-state index contributed by atoms with van der Waals surface area (Å²) in [6.07, 6.45) is 4.69. The van der Waals surface area contributed by atoms with E-state index in [9.17, 15) is 14.4 Å². The van der Waals surface area contributed by atoms with Gasteiger partial charge in [0.25, 0.3) is 5.91 Å². The van der Waals surface area contributed by atoms with Crippen molar-refractivity contribution < 1.29 is 19.1 Å². The summed E-state index contributed by atoms with van der Waals surface area (Å²) >= 11 is 3.10. The summed E-state index contributed by atoms with van der Waals surface area (Å²) in [6.45, 7) is 2.74. The van der Waals surface area contributed by atoms with Crippen molar-refractivity contribution in [2.45, 2.75) is 44.4 Å². The van der Waals surface area contributed by atoms with E-state index >= 15 is 0 Å². The molecule has 0 bridgehead atoms. The smallest absolute Gasteiger partial charge is 0.341 e. The van der Waals surface area contributed by atoms with Gasteiger partial charge in [0.15, 0.2) is 0 Å². The highest BCUT2D eigenvalue weighted by Crippen LogP contribution is 2.40. The first-order valence-corrected chi connectivity index (χ1v) is 14.6. The molecule has 5 rings (SSSR count). The second-order valence-corrected chi connectivity index (χ2v) is 11.4. The molecule has 3 aromatic rings. The number of carbonyl (C=O) groups excluding carboxylic acids is 3. The fourth-order valence-electron chi connectivity index (χ4n) is 4.91. The minimum atomic E-state index is -0.369. The topological polar surface area (TPSA) is 75.7 Å². The first-order chi connectivity index (χ1) is 18.0. The van der Waals surface area contributed by atoms with Gasteiger partial charge < -0.3 is 15.0 Å². The Bertz CT molecular complexity index is 1290. The third kappa shape index (κ3) is 5.60. The molecule has 1 fully saturated rings. The molecule has 1 saturated heterocycles. The SMILES string of the molecule is CCOC(=O)c1c(NC(=O)c2ccc([C@H]3SCC(=O)N3CCc3ccccc3)cc2)sc2c1CCCC2. The number of anilines is 1. The molecule has 0 radical (unpaired) electrons. The van der Waals surface area contributed by atoms with Crippen LogP contribution in [0.15, 0.2) is 54.6 Å². The number of hydrogen-bond acceptors (Lipinski definition) is 6. The number of esters is 1.